The van der Waals surface area contributed by atoms with Gasteiger partial charge < -0.3 is 34.1 Å². The summed E-state index contributed by atoms with van der Waals surface area (Å²) in [6.07, 6.45) is 8.50. The van der Waals surface area contributed by atoms with E-state index in [1.54, 1.807) is 7.11 Å². The fourth-order valence-corrected chi connectivity index (χ4v) is 8.99. The highest BCUT2D eigenvalue weighted by atomic mass is 32.2. The number of aromatic nitrogens is 2. The van der Waals surface area contributed by atoms with Gasteiger partial charge in [0.15, 0.2) is 11.5 Å². The minimum Gasteiger partial charge on any atom is -0.448 e. The van der Waals surface area contributed by atoms with Crippen molar-refractivity contribution in [2.24, 2.45) is 5.92 Å². The summed E-state index contributed by atoms with van der Waals surface area (Å²) in [5, 5.41) is 3.02. The van der Waals surface area contributed by atoms with Crippen LogP contribution in [0.2, 0.25) is 0 Å². The van der Waals surface area contributed by atoms with Gasteiger partial charge in [0.05, 0.1) is 18.3 Å². The van der Waals surface area contributed by atoms with E-state index in [1.807, 2.05) is 57.5 Å². The van der Waals surface area contributed by atoms with Gasteiger partial charge in [0.25, 0.3) is 17.3 Å². The topological polar surface area (TPSA) is 118 Å². The van der Waals surface area contributed by atoms with Gasteiger partial charge in [0.1, 0.15) is 5.82 Å². The molecule has 0 bridgehead atoms. The Labute approximate surface area is 304 Å². The predicted octanol–water partition coefficient (Wildman–Crippen LogP) is 5.70. The third-order valence-corrected chi connectivity index (χ3v) is 12.0. The highest BCUT2D eigenvalue weighted by Gasteiger charge is 2.48. The Morgan fingerprint density at radius 1 is 1.06 bits per heavy atom. The quantitative estimate of drug-likeness (QED) is 0.267. The number of rotatable bonds is 9. The van der Waals surface area contributed by atoms with Crippen LogP contribution in [0.25, 0.3) is 11.1 Å². The molecular weight excluding hydrogens is 667 g/mol. The van der Waals surface area contributed by atoms with Crippen molar-refractivity contribution in [3.8, 4) is 22.6 Å². The molecule has 2 aromatic heterocycles. The number of morpholine rings is 1. The highest BCUT2D eigenvalue weighted by molar-refractivity contribution is 7.98. The number of nitrogens with zero attached hydrogens (tertiary/aromatic N) is 3. The van der Waals surface area contributed by atoms with Crippen LogP contribution >= 0.6 is 11.8 Å². The number of aromatic amines is 1. The van der Waals surface area contributed by atoms with Crippen molar-refractivity contribution in [3.05, 3.63) is 63.2 Å². The summed E-state index contributed by atoms with van der Waals surface area (Å²) in [5.41, 5.74) is 3.88. The maximum atomic E-state index is 14.0. The lowest BCUT2D eigenvalue weighted by Crippen LogP contribution is -2.57. The van der Waals surface area contributed by atoms with Crippen molar-refractivity contribution in [1.29, 1.82) is 0 Å². The van der Waals surface area contributed by atoms with Crippen LogP contribution in [0, 0.1) is 19.8 Å². The first-order valence-electron chi connectivity index (χ1n) is 18.2. The number of carbonyl (C=O) groups is 1. The van der Waals surface area contributed by atoms with Crippen LogP contribution in [0.3, 0.4) is 0 Å². The lowest BCUT2D eigenvalue weighted by atomic mass is 9.80. The monoisotopic (exact) mass is 717 g/mol. The molecule has 2 N–H and O–H groups in total. The van der Waals surface area contributed by atoms with E-state index >= 15 is 0 Å². The van der Waals surface area contributed by atoms with Crippen molar-refractivity contribution in [2.75, 3.05) is 44.4 Å². The van der Waals surface area contributed by atoms with Gasteiger partial charge in [-0.25, -0.2) is 4.98 Å². The minimum atomic E-state index is -0.873. The van der Waals surface area contributed by atoms with E-state index in [1.165, 1.54) is 11.8 Å². The second-order valence-electron chi connectivity index (χ2n) is 14.9. The number of benzene rings is 1. The normalized spacial score (nSPS) is 26.6. The molecular formula is C39H51N5O6S. The van der Waals surface area contributed by atoms with Crippen molar-refractivity contribution >= 4 is 23.5 Å². The first-order chi connectivity index (χ1) is 24.5. The standard InChI is InChI=1S/C39H51N5O6S/c1-22-14-33(51-7)32(38(46)42-22)17-41-37(45)30-15-31(26-8-13-34(40-16-26)44-18-23(2)48-24(3)19-44)36-35(25(30)4)49-39(5,50-36)27-9-11-28(12-10-27)43-20-29(21-43)47-6/h8,13-16,23-24,27-29H,9-12,17-21H2,1-7H3,(H,41,45)(H,42,46). The van der Waals surface area contributed by atoms with Gasteiger partial charge in [-0.1, -0.05) is 0 Å². The second kappa shape index (κ2) is 14.4. The fourth-order valence-electron chi connectivity index (χ4n) is 8.28. The molecule has 2 saturated heterocycles. The maximum Gasteiger partial charge on any atom is 0.254 e. The number of pyridine rings is 2. The van der Waals surface area contributed by atoms with E-state index in [2.05, 4.69) is 33.9 Å². The van der Waals surface area contributed by atoms with Crippen LogP contribution in [0.1, 0.15) is 73.6 Å². The maximum absolute atomic E-state index is 14.0. The summed E-state index contributed by atoms with van der Waals surface area (Å²) < 4.78 is 25.2. The molecule has 11 nitrogen and oxygen atoms in total. The third kappa shape index (κ3) is 7.12. The molecule has 0 radical (unpaired) electrons. The lowest BCUT2D eigenvalue weighted by molar-refractivity contribution is -0.130. The Morgan fingerprint density at radius 2 is 1.76 bits per heavy atom. The molecule has 1 aliphatic carbocycles. The van der Waals surface area contributed by atoms with E-state index in [9.17, 15) is 9.59 Å². The number of methoxy groups -OCH3 is 1. The summed E-state index contributed by atoms with van der Waals surface area (Å²) in [4.78, 5) is 40.2. The summed E-state index contributed by atoms with van der Waals surface area (Å²) in [6, 6.07) is 8.44. The molecule has 4 aliphatic rings. The zero-order valence-electron chi connectivity index (χ0n) is 30.8. The number of fused-ring (bicyclic) bond motifs is 1. The number of aryl methyl sites for hydroxylation is 1. The molecule has 3 aliphatic heterocycles. The lowest BCUT2D eigenvalue weighted by Gasteiger charge is -2.47. The summed E-state index contributed by atoms with van der Waals surface area (Å²) in [6.45, 7) is 13.6. The zero-order chi connectivity index (χ0) is 36.0. The molecule has 0 spiro atoms. The molecule has 5 heterocycles. The number of H-pyrrole nitrogens is 1. The van der Waals surface area contributed by atoms with Gasteiger partial charge in [0, 0.05) is 103 Å². The van der Waals surface area contributed by atoms with Crippen molar-refractivity contribution in [1.82, 2.24) is 20.2 Å². The Kier molecular flexibility index (Phi) is 10.1. The largest absolute Gasteiger partial charge is 0.448 e. The fraction of sp³-hybridized carbons (Fsp3) is 0.564. The van der Waals surface area contributed by atoms with Crippen LogP contribution < -0.4 is 25.2 Å². The summed E-state index contributed by atoms with van der Waals surface area (Å²) in [7, 11) is 1.79. The Morgan fingerprint density at radius 3 is 2.41 bits per heavy atom. The van der Waals surface area contributed by atoms with E-state index in [0.29, 0.717) is 40.3 Å². The number of amides is 1. The molecule has 51 heavy (non-hydrogen) atoms. The Hall–Kier alpha value is -3.58. The molecule has 274 valence electrons. The van der Waals surface area contributed by atoms with E-state index in [-0.39, 0.29) is 36.1 Å². The third-order valence-electron chi connectivity index (χ3n) is 11.2. The molecule has 1 aromatic carbocycles. The van der Waals surface area contributed by atoms with Crippen LogP contribution in [0.4, 0.5) is 5.82 Å². The van der Waals surface area contributed by atoms with Crippen LogP contribution in [0.15, 0.2) is 40.2 Å². The van der Waals surface area contributed by atoms with Crippen molar-refractivity contribution < 1.29 is 23.7 Å². The number of carbonyl (C=O) groups excluding carboxylic acids is 1. The average Bonchev–Trinajstić information content (AvgIpc) is 3.46. The summed E-state index contributed by atoms with van der Waals surface area (Å²) in [5.74, 6) is 1.14. The number of anilines is 1. The van der Waals surface area contributed by atoms with Gasteiger partial charge in [-0.15, -0.1) is 11.8 Å². The smallest absolute Gasteiger partial charge is 0.254 e. The predicted molar refractivity (Wildman–Crippen MR) is 199 cm³/mol. The summed E-state index contributed by atoms with van der Waals surface area (Å²) >= 11 is 1.49. The molecule has 7 rings (SSSR count). The zero-order valence-corrected chi connectivity index (χ0v) is 31.7. The van der Waals surface area contributed by atoms with Gasteiger partial charge in [-0.2, -0.15) is 0 Å². The second-order valence-corrected chi connectivity index (χ2v) is 15.7. The van der Waals surface area contributed by atoms with Gasteiger partial charge in [-0.05, 0) is 83.9 Å². The molecule has 3 unspecified atom stereocenters. The van der Waals surface area contributed by atoms with Crippen LogP contribution in [-0.2, 0) is 16.0 Å². The molecule has 1 saturated carbocycles. The Bertz CT molecular complexity index is 1810. The number of hydrogen-bond donors (Lipinski definition) is 2. The van der Waals surface area contributed by atoms with Crippen LogP contribution in [0.5, 0.6) is 11.5 Å². The SMILES string of the molecule is COC1CN(C2CCC(C3(C)Oc4c(-c5ccc(N6CC(C)OC(C)C6)nc5)cc(C(=O)NCc5c(SC)cc(C)[nH]c5=O)c(C)c4O3)CC2)C1. The molecule has 3 aromatic rings. The minimum absolute atomic E-state index is 0.101. The number of hydrogen-bond acceptors (Lipinski definition) is 10. The number of thioether (sulfide) groups is 1. The van der Waals surface area contributed by atoms with Crippen LogP contribution in [-0.4, -0.2) is 90.5 Å². The van der Waals surface area contributed by atoms with Crippen molar-refractivity contribution in [2.45, 2.75) is 102 Å². The highest BCUT2D eigenvalue weighted by Crippen LogP contribution is 2.53. The number of ether oxygens (including phenoxy) is 4. The molecule has 1 amide bonds. The Balaban J connectivity index is 1.17. The first kappa shape index (κ1) is 35.8. The van der Waals surface area contributed by atoms with E-state index in [0.717, 1.165) is 79.4 Å². The van der Waals surface area contributed by atoms with E-state index in [4.69, 9.17) is 23.9 Å². The van der Waals surface area contributed by atoms with Crippen molar-refractivity contribution in [3.63, 3.8) is 0 Å². The van der Waals surface area contributed by atoms with Gasteiger partial charge >= 0.3 is 0 Å². The van der Waals surface area contributed by atoms with E-state index < -0.39 is 5.79 Å². The molecule has 3 fully saturated rings. The molecule has 3 atom stereocenters. The van der Waals surface area contributed by atoms with Gasteiger partial charge in [-0.3, -0.25) is 14.5 Å². The number of likely N-dealkylation sites (tertiary alicyclic amines) is 1. The average molecular weight is 718 g/mol. The number of nitrogens with one attached hydrogen (secondary N) is 2. The molecule has 12 heteroatoms. The first-order valence-corrected chi connectivity index (χ1v) is 19.4. The van der Waals surface area contributed by atoms with Gasteiger partial charge in [0.2, 0.25) is 0 Å².